The molecule has 0 unspecified atom stereocenters. The summed E-state index contributed by atoms with van der Waals surface area (Å²) >= 11 is 0. The van der Waals surface area contributed by atoms with Gasteiger partial charge < -0.3 is 0 Å². The third-order valence-electron chi connectivity index (χ3n) is 4.65. The van der Waals surface area contributed by atoms with Crippen molar-refractivity contribution >= 4 is 10.0 Å². The lowest BCUT2D eigenvalue weighted by molar-refractivity contribution is 0.431. The molecule has 22 heavy (non-hydrogen) atoms. The highest BCUT2D eigenvalue weighted by Crippen LogP contribution is 2.34. The second-order valence-corrected chi connectivity index (χ2v) is 8.12. The third-order valence-corrected chi connectivity index (χ3v) is 6.45. The van der Waals surface area contributed by atoms with Crippen LogP contribution in [0, 0.1) is 27.7 Å². The molecule has 1 aliphatic rings. The van der Waals surface area contributed by atoms with E-state index < -0.39 is 10.0 Å². The largest absolute Gasteiger partial charge is 0.243 e. The molecule has 3 rings (SSSR count). The smallest absolute Gasteiger partial charge is 0.207 e. The van der Waals surface area contributed by atoms with E-state index in [9.17, 15) is 8.42 Å². The summed E-state index contributed by atoms with van der Waals surface area (Å²) in [6.45, 7) is 9.12. The minimum Gasteiger partial charge on any atom is -0.207 e. The van der Waals surface area contributed by atoms with Crippen LogP contribution in [0.5, 0.6) is 0 Å². The molecule has 0 spiro atoms. The van der Waals surface area contributed by atoms with Gasteiger partial charge >= 0.3 is 0 Å². The first-order chi connectivity index (χ1) is 10.3. The highest BCUT2D eigenvalue weighted by molar-refractivity contribution is 7.89. The maximum Gasteiger partial charge on any atom is 0.243 e. The van der Waals surface area contributed by atoms with Crippen LogP contribution < -0.4 is 0 Å². The fourth-order valence-electron chi connectivity index (χ4n) is 3.09. The van der Waals surface area contributed by atoms with Gasteiger partial charge in [0, 0.05) is 13.1 Å². The van der Waals surface area contributed by atoms with Crippen LogP contribution in [0.1, 0.15) is 33.4 Å². The van der Waals surface area contributed by atoms with Crippen molar-refractivity contribution in [2.24, 2.45) is 0 Å². The van der Waals surface area contributed by atoms with E-state index in [2.05, 4.69) is 26.8 Å². The monoisotopic (exact) mass is 315 g/mol. The average Bonchev–Trinajstić information content (AvgIpc) is 2.92. The summed E-state index contributed by atoms with van der Waals surface area (Å²) in [5, 5.41) is 0. The lowest BCUT2D eigenvalue weighted by atomic mass is 9.96. The Morgan fingerprint density at radius 3 is 2.09 bits per heavy atom. The summed E-state index contributed by atoms with van der Waals surface area (Å²) in [6, 6.07) is 9.22. The normalized spacial score (nSPS) is 15.1. The van der Waals surface area contributed by atoms with Gasteiger partial charge in [0.15, 0.2) is 0 Å². The maximum absolute atomic E-state index is 12.8. The lowest BCUT2D eigenvalue weighted by Gasteiger charge is -2.16. The van der Waals surface area contributed by atoms with Gasteiger partial charge in [-0.1, -0.05) is 23.8 Å². The Bertz CT molecular complexity index is 836. The Morgan fingerprint density at radius 1 is 0.864 bits per heavy atom. The summed E-state index contributed by atoms with van der Waals surface area (Å²) in [5.74, 6) is 0. The predicted molar refractivity (Wildman–Crippen MR) is 88.3 cm³/mol. The fourth-order valence-corrected chi connectivity index (χ4v) is 4.47. The molecule has 2 aromatic rings. The molecule has 4 heteroatoms. The molecule has 0 radical (unpaired) electrons. The molecule has 3 nitrogen and oxygen atoms in total. The number of fused-ring (bicyclic) bond motifs is 1. The van der Waals surface area contributed by atoms with Gasteiger partial charge in [-0.05, 0) is 67.6 Å². The molecule has 2 aromatic carbocycles. The molecule has 1 heterocycles. The van der Waals surface area contributed by atoms with E-state index in [1.165, 1.54) is 27.8 Å². The summed E-state index contributed by atoms with van der Waals surface area (Å²) in [5.41, 5.74) is 7.02. The zero-order valence-electron chi connectivity index (χ0n) is 13.5. The molecular weight excluding hydrogens is 294 g/mol. The van der Waals surface area contributed by atoms with E-state index in [0.717, 1.165) is 5.56 Å². The van der Waals surface area contributed by atoms with Gasteiger partial charge in [0.2, 0.25) is 10.0 Å². The minimum atomic E-state index is -3.44. The first kappa shape index (κ1) is 15.3. The van der Waals surface area contributed by atoms with Crippen LogP contribution in [0.3, 0.4) is 0 Å². The van der Waals surface area contributed by atoms with Crippen molar-refractivity contribution in [2.45, 2.75) is 45.7 Å². The molecule has 0 bridgehead atoms. The molecule has 0 fully saturated rings. The first-order valence-electron chi connectivity index (χ1n) is 7.46. The number of nitrogens with zero attached hydrogens (tertiary/aromatic N) is 1. The molecule has 0 saturated carbocycles. The lowest BCUT2D eigenvalue weighted by Crippen LogP contribution is -2.25. The van der Waals surface area contributed by atoms with E-state index in [-0.39, 0.29) is 0 Å². The van der Waals surface area contributed by atoms with Crippen LogP contribution in [0.4, 0.5) is 0 Å². The summed E-state index contributed by atoms with van der Waals surface area (Å²) in [6.07, 6.45) is 0. The predicted octanol–water partition coefficient (Wildman–Crippen LogP) is 3.62. The Balaban J connectivity index is 2.01. The number of benzene rings is 2. The van der Waals surface area contributed by atoms with Crippen LogP contribution >= 0.6 is 0 Å². The highest BCUT2D eigenvalue weighted by atomic mass is 32.2. The molecule has 0 saturated heterocycles. The maximum atomic E-state index is 12.8. The van der Waals surface area contributed by atoms with Crippen molar-refractivity contribution in [3.8, 4) is 0 Å². The molecule has 0 aromatic heterocycles. The van der Waals surface area contributed by atoms with Crippen LogP contribution in [0.15, 0.2) is 35.2 Å². The Kier molecular flexibility index (Phi) is 3.62. The Hall–Kier alpha value is -1.65. The van der Waals surface area contributed by atoms with Gasteiger partial charge in [0.05, 0.1) is 4.90 Å². The first-order valence-corrected chi connectivity index (χ1v) is 8.90. The second kappa shape index (κ2) is 5.21. The highest BCUT2D eigenvalue weighted by Gasteiger charge is 2.32. The fraction of sp³-hybridized carbons (Fsp3) is 0.333. The molecular formula is C18H21NO2S. The van der Waals surface area contributed by atoms with E-state index in [0.29, 0.717) is 18.0 Å². The Labute approximate surface area is 132 Å². The standard InChI is InChI=1S/C18H21NO2S/c1-12-5-7-16(8-6-12)22(20,21)19-10-17-14(3)9-13(2)15(4)18(17)11-19/h5-9H,10-11H2,1-4H3. The van der Waals surface area contributed by atoms with E-state index >= 15 is 0 Å². The van der Waals surface area contributed by atoms with Crippen molar-refractivity contribution in [1.29, 1.82) is 0 Å². The molecule has 0 atom stereocenters. The molecule has 0 aliphatic carbocycles. The summed E-state index contributed by atoms with van der Waals surface area (Å²) < 4.78 is 27.3. The Morgan fingerprint density at radius 2 is 1.45 bits per heavy atom. The number of aryl methyl sites for hydroxylation is 3. The summed E-state index contributed by atoms with van der Waals surface area (Å²) in [7, 11) is -3.44. The van der Waals surface area contributed by atoms with Crippen molar-refractivity contribution < 1.29 is 8.42 Å². The molecule has 116 valence electrons. The zero-order chi connectivity index (χ0) is 16.1. The van der Waals surface area contributed by atoms with Gasteiger partial charge in [-0.3, -0.25) is 0 Å². The van der Waals surface area contributed by atoms with E-state index in [4.69, 9.17) is 0 Å². The van der Waals surface area contributed by atoms with Gasteiger partial charge in [0.1, 0.15) is 0 Å². The van der Waals surface area contributed by atoms with Crippen molar-refractivity contribution in [3.05, 3.63) is 63.7 Å². The number of hydrogen-bond donors (Lipinski definition) is 0. The molecule has 0 N–H and O–H groups in total. The van der Waals surface area contributed by atoms with Gasteiger partial charge in [-0.15, -0.1) is 0 Å². The van der Waals surface area contributed by atoms with Crippen molar-refractivity contribution in [2.75, 3.05) is 0 Å². The quantitative estimate of drug-likeness (QED) is 0.849. The van der Waals surface area contributed by atoms with E-state index in [1.807, 2.05) is 19.1 Å². The van der Waals surface area contributed by atoms with E-state index in [1.54, 1.807) is 16.4 Å². The van der Waals surface area contributed by atoms with Crippen LogP contribution in [-0.2, 0) is 23.1 Å². The van der Waals surface area contributed by atoms with Gasteiger partial charge in [0.25, 0.3) is 0 Å². The number of hydrogen-bond acceptors (Lipinski definition) is 2. The SMILES string of the molecule is Cc1ccc(S(=O)(=O)N2Cc3c(C)cc(C)c(C)c3C2)cc1. The summed E-state index contributed by atoms with van der Waals surface area (Å²) in [4.78, 5) is 0.373. The van der Waals surface area contributed by atoms with Crippen LogP contribution in [-0.4, -0.2) is 12.7 Å². The minimum absolute atomic E-state index is 0.373. The molecule has 1 aliphatic heterocycles. The van der Waals surface area contributed by atoms with Crippen LogP contribution in [0.2, 0.25) is 0 Å². The number of sulfonamides is 1. The topological polar surface area (TPSA) is 37.4 Å². The molecule has 0 amide bonds. The number of rotatable bonds is 2. The van der Waals surface area contributed by atoms with Crippen LogP contribution in [0.25, 0.3) is 0 Å². The van der Waals surface area contributed by atoms with Gasteiger partial charge in [-0.25, -0.2) is 8.42 Å². The van der Waals surface area contributed by atoms with Crippen molar-refractivity contribution in [3.63, 3.8) is 0 Å². The second-order valence-electron chi connectivity index (χ2n) is 6.18. The third kappa shape index (κ3) is 2.36. The zero-order valence-corrected chi connectivity index (χ0v) is 14.3. The van der Waals surface area contributed by atoms with Crippen molar-refractivity contribution in [1.82, 2.24) is 4.31 Å². The van der Waals surface area contributed by atoms with Gasteiger partial charge in [-0.2, -0.15) is 4.31 Å². The average molecular weight is 315 g/mol.